The van der Waals surface area contributed by atoms with Crippen molar-refractivity contribution in [3.63, 3.8) is 0 Å². The van der Waals surface area contributed by atoms with E-state index in [9.17, 15) is 17.6 Å². The summed E-state index contributed by atoms with van der Waals surface area (Å²) in [6, 6.07) is 5.03. The van der Waals surface area contributed by atoms with Gasteiger partial charge < -0.3 is 0 Å². The minimum atomic E-state index is -3.76. The van der Waals surface area contributed by atoms with Gasteiger partial charge in [-0.15, -0.1) is 10.2 Å². The van der Waals surface area contributed by atoms with Crippen LogP contribution in [0.2, 0.25) is 0 Å². The Labute approximate surface area is 147 Å². The summed E-state index contributed by atoms with van der Waals surface area (Å²) in [5.74, 6) is -0.356. The SMILES string of the molecule is CCSc1nnc(NC(=O)CN(c2cccc(F)c2)S(C)(=O)=O)s1. The molecular weight excluding hydrogens is 375 g/mol. The van der Waals surface area contributed by atoms with Gasteiger partial charge in [0.15, 0.2) is 4.34 Å². The number of nitrogens with zero attached hydrogens (tertiary/aromatic N) is 3. The van der Waals surface area contributed by atoms with Gasteiger partial charge in [-0.2, -0.15) is 0 Å². The Morgan fingerprint density at radius 2 is 2.17 bits per heavy atom. The first-order chi connectivity index (χ1) is 11.3. The lowest BCUT2D eigenvalue weighted by Crippen LogP contribution is -2.37. The number of hydrogen-bond donors (Lipinski definition) is 1. The highest BCUT2D eigenvalue weighted by Crippen LogP contribution is 2.25. The summed E-state index contributed by atoms with van der Waals surface area (Å²) in [5.41, 5.74) is 0.0761. The normalized spacial score (nSPS) is 11.3. The van der Waals surface area contributed by atoms with E-state index in [2.05, 4.69) is 15.5 Å². The molecule has 2 aromatic rings. The number of halogens is 1. The molecule has 1 aromatic heterocycles. The molecule has 1 amide bonds. The average Bonchev–Trinajstić information content (AvgIpc) is 2.91. The van der Waals surface area contributed by atoms with Crippen molar-refractivity contribution in [1.29, 1.82) is 0 Å². The molecule has 0 unspecified atom stereocenters. The number of rotatable bonds is 7. The van der Waals surface area contributed by atoms with Crippen LogP contribution >= 0.6 is 23.1 Å². The second-order valence-corrected chi connectivity index (χ2v) is 9.00. The fourth-order valence-electron chi connectivity index (χ4n) is 1.76. The Balaban J connectivity index is 2.13. The molecule has 1 heterocycles. The molecule has 130 valence electrons. The first kappa shape index (κ1) is 18.6. The van der Waals surface area contributed by atoms with Crippen LogP contribution in [0.5, 0.6) is 0 Å². The summed E-state index contributed by atoms with van der Waals surface area (Å²) in [6.07, 6.45) is 0.951. The van der Waals surface area contributed by atoms with Crippen LogP contribution in [-0.2, 0) is 14.8 Å². The summed E-state index contributed by atoms with van der Waals surface area (Å²) in [4.78, 5) is 12.1. The molecule has 1 aromatic carbocycles. The second kappa shape index (κ2) is 7.90. The lowest BCUT2D eigenvalue weighted by molar-refractivity contribution is -0.114. The Kier molecular flexibility index (Phi) is 6.13. The Bertz CT molecular complexity index is 825. The van der Waals surface area contributed by atoms with E-state index in [1.807, 2.05) is 6.92 Å². The molecule has 0 spiro atoms. The second-order valence-electron chi connectivity index (χ2n) is 4.60. The van der Waals surface area contributed by atoms with Crippen molar-refractivity contribution in [2.24, 2.45) is 0 Å². The fourth-order valence-corrected chi connectivity index (χ4v) is 4.28. The summed E-state index contributed by atoms with van der Waals surface area (Å²) >= 11 is 2.68. The van der Waals surface area contributed by atoms with Gasteiger partial charge in [0.1, 0.15) is 12.4 Å². The number of thioether (sulfide) groups is 1. The zero-order chi connectivity index (χ0) is 17.7. The van der Waals surface area contributed by atoms with Crippen LogP contribution in [0.15, 0.2) is 28.6 Å². The van der Waals surface area contributed by atoms with E-state index in [-0.39, 0.29) is 10.8 Å². The maximum atomic E-state index is 13.3. The van der Waals surface area contributed by atoms with E-state index in [0.29, 0.717) is 4.34 Å². The van der Waals surface area contributed by atoms with E-state index in [1.165, 1.54) is 41.3 Å². The smallest absolute Gasteiger partial charge is 0.246 e. The van der Waals surface area contributed by atoms with Crippen molar-refractivity contribution in [3.05, 3.63) is 30.1 Å². The number of carbonyl (C=O) groups excluding carboxylic acids is 1. The Morgan fingerprint density at radius 3 is 2.79 bits per heavy atom. The van der Waals surface area contributed by atoms with Crippen LogP contribution in [0.4, 0.5) is 15.2 Å². The molecule has 0 aliphatic heterocycles. The zero-order valence-electron chi connectivity index (χ0n) is 12.9. The summed E-state index contributed by atoms with van der Waals surface area (Å²) < 4.78 is 38.7. The van der Waals surface area contributed by atoms with E-state index in [4.69, 9.17) is 0 Å². The number of sulfonamides is 1. The van der Waals surface area contributed by atoms with E-state index in [1.54, 1.807) is 0 Å². The third kappa shape index (κ3) is 5.14. The van der Waals surface area contributed by atoms with E-state index < -0.39 is 28.3 Å². The van der Waals surface area contributed by atoms with Gasteiger partial charge in [-0.1, -0.05) is 36.1 Å². The van der Waals surface area contributed by atoms with Crippen LogP contribution in [0.1, 0.15) is 6.92 Å². The van der Waals surface area contributed by atoms with Crippen molar-refractivity contribution < 1.29 is 17.6 Å². The number of nitrogens with one attached hydrogen (secondary N) is 1. The van der Waals surface area contributed by atoms with E-state index >= 15 is 0 Å². The molecule has 0 atom stereocenters. The molecule has 1 N–H and O–H groups in total. The van der Waals surface area contributed by atoms with Crippen molar-refractivity contribution in [3.8, 4) is 0 Å². The largest absolute Gasteiger partial charge is 0.299 e. The van der Waals surface area contributed by atoms with Crippen LogP contribution in [-0.4, -0.2) is 43.1 Å². The molecule has 2 rings (SSSR count). The van der Waals surface area contributed by atoms with E-state index in [0.717, 1.165) is 22.4 Å². The first-order valence-corrected chi connectivity index (χ1v) is 10.4. The monoisotopic (exact) mass is 390 g/mol. The minimum Gasteiger partial charge on any atom is -0.299 e. The minimum absolute atomic E-state index is 0.0761. The molecule has 0 aliphatic carbocycles. The molecule has 11 heteroatoms. The van der Waals surface area contributed by atoms with Gasteiger partial charge in [0, 0.05) is 0 Å². The number of aromatic nitrogens is 2. The van der Waals surface area contributed by atoms with Gasteiger partial charge in [0.25, 0.3) is 0 Å². The average molecular weight is 390 g/mol. The maximum absolute atomic E-state index is 13.3. The number of amides is 1. The van der Waals surface area contributed by atoms with Gasteiger partial charge in [0.2, 0.25) is 21.1 Å². The highest BCUT2D eigenvalue weighted by Gasteiger charge is 2.22. The highest BCUT2D eigenvalue weighted by molar-refractivity contribution is 8.01. The topological polar surface area (TPSA) is 92.3 Å². The quantitative estimate of drug-likeness (QED) is 0.576. The third-order valence-corrected chi connectivity index (χ3v) is 5.70. The standard InChI is InChI=1S/C13H15FN4O3S3/c1-3-22-13-17-16-12(23-13)15-11(19)8-18(24(2,20)21)10-6-4-5-9(14)7-10/h4-7H,3,8H2,1-2H3,(H,15,16,19). The molecule has 0 fully saturated rings. The number of carbonyl (C=O) groups is 1. The van der Waals surface area contributed by atoms with Crippen LogP contribution in [0.3, 0.4) is 0 Å². The number of hydrogen-bond acceptors (Lipinski definition) is 7. The van der Waals surface area contributed by atoms with Crippen molar-refractivity contribution >= 4 is 49.8 Å². The Morgan fingerprint density at radius 1 is 1.42 bits per heavy atom. The Hall–Kier alpha value is -1.72. The molecule has 0 bridgehead atoms. The zero-order valence-corrected chi connectivity index (χ0v) is 15.3. The molecule has 0 radical (unpaired) electrons. The first-order valence-electron chi connectivity index (χ1n) is 6.79. The lowest BCUT2D eigenvalue weighted by Gasteiger charge is -2.21. The van der Waals surface area contributed by atoms with Gasteiger partial charge >= 0.3 is 0 Å². The number of anilines is 2. The number of benzene rings is 1. The van der Waals surface area contributed by atoms with Gasteiger partial charge in [0.05, 0.1) is 11.9 Å². The van der Waals surface area contributed by atoms with Crippen LogP contribution < -0.4 is 9.62 Å². The molecule has 0 saturated carbocycles. The van der Waals surface area contributed by atoms with Gasteiger partial charge in [-0.3, -0.25) is 14.4 Å². The van der Waals surface area contributed by atoms with Gasteiger partial charge in [-0.25, -0.2) is 12.8 Å². The molecule has 24 heavy (non-hydrogen) atoms. The summed E-state index contributed by atoms with van der Waals surface area (Å²) in [5, 5.41) is 10.5. The van der Waals surface area contributed by atoms with Crippen molar-refractivity contribution in [2.75, 3.05) is 28.2 Å². The highest BCUT2D eigenvalue weighted by atomic mass is 32.2. The molecular formula is C13H15FN4O3S3. The third-order valence-electron chi connectivity index (χ3n) is 2.70. The molecule has 0 saturated heterocycles. The maximum Gasteiger partial charge on any atom is 0.246 e. The molecule has 0 aliphatic rings. The predicted octanol–water partition coefficient (Wildman–Crippen LogP) is 2.19. The summed E-state index contributed by atoms with van der Waals surface area (Å²) in [7, 11) is -3.76. The van der Waals surface area contributed by atoms with Gasteiger partial charge in [-0.05, 0) is 24.0 Å². The molecule has 7 nitrogen and oxygen atoms in total. The van der Waals surface area contributed by atoms with Crippen molar-refractivity contribution in [1.82, 2.24) is 10.2 Å². The predicted molar refractivity (Wildman–Crippen MR) is 93.5 cm³/mol. The van der Waals surface area contributed by atoms with Crippen LogP contribution in [0.25, 0.3) is 0 Å². The lowest BCUT2D eigenvalue weighted by atomic mass is 10.3. The van der Waals surface area contributed by atoms with Crippen LogP contribution in [0, 0.1) is 5.82 Å². The van der Waals surface area contributed by atoms with Crippen molar-refractivity contribution in [2.45, 2.75) is 11.3 Å². The fraction of sp³-hybridized carbons (Fsp3) is 0.308. The summed E-state index contributed by atoms with van der Waals surface area (Å²) in [6.45, 7) is 1.48.